The molecule has 0 aromatic rings. The molecule has 0 amide bonds. The predicted octanol–water partition coefficient (Wildman–Crippen LogP) is 0.667. The molecule has 62 valence electrons. The third-order valence-electron chi connectivity index (χ3n) is 1.92. The van der Waals surface area contributed by atoms with E-state index in [1.54, 1.807) is 0 Å². The third kappa shape index (κ3) is 2.49. The maximum absolute atomic E-state index is 8.41. The standard InChI is InChI=1S/C8H14N2O/c1-2-11-8-5-7(3-4-9)10-6-8/h7-8,10H,2-3,5-6H2,1H3. The van der Waals surface area contributed by atoms with Crippen LogP contribution in [0.3, 0.4) is 0 Å². The fraction of sp³-hybridized carbons (Fsp3) is 0.875. The number of nitrogens with one attached hydrogen (secondary N) is 1. The third-order valence-corrected chi connectivity index (χ3v) is 1.92. The van der Waals surface area contributed by atoms with Crippen LogP contribution in [0.15, 0.2) is 0 Å². The monoisotopic (exact) mass is 154 g/mol. The van der Waals surface area contributed by atoms with Gasteiger partial charge in [0.15, 0.2) is 0 Å². The van der Waals surface area contributed by atoms with Gasteiger partial charge in [-0.2, -0.15) is 5.26 Å². The van der Waals surface area contributed by atoms with Crippen molar-refractivity contribution in [1.82, 2.24) is 5.32 Å². The Kier molecular flexibility index (Phi) is 3.34. The van der Waals surface area contributed by atoms with Gasteiger partial charge in [0.1, 0.15) is 0 Å². The molecule has 1 aliphatic heterocycles. The van der Waals surface area contributed by atoms with Crippen molar-refractivity contribution >= 4 is 0 Å². The number of nitriles is 1. The van der Waals surface area contributed by atoms with E-state index < -0.39 is 0 Å². The second-order valence-electron chi connectivity index (χ2n) is 2.78. The lowest BCUT2D eigenvalue weighted by atomic mass is 10.1. The maximum atomic E-state index is 8.41. The van der Waals surface area contributed by atoms with E-state index in [2.05, 4.69) is 11.4 Å². The molecule has 1 N–H and O–H groups in total. The molecular weight excluding hydrogens is 140 g/mol. The summed E-state index contributed by atoms with van der Waals surface area (Å²) in [5.41, 5.74) is 0. The molecular formula is C8H14N2O. The van der Waals surface area contributed by atoms with Crippen LogP contribution in [0.4, 0.5) is 0 Å². The van der Waals surface area contributed by atoms with E-state index in [4.69, 9.17) is 10.00 Å². The van der Waals surface area contributed by atoms with Crippen molar-refractivity contribution in [1.29, 1.82) is 5.26 Å². The Labute approximate surface area is 67.3 Å². The van der Waals surface area contributed by atoms with Gasteiger partial charge in [-0.1, -0.05) is 0 Å². The number of ether oxygens (including phenoxy) is 1. The van der Waals surface area contributed by atoms with Crippen LogP contribution in [0.25, 0.3) is 0 Å². The fourth-order valence-electron chi connectivity index (χ4n) is 1.41. The molecule has 0 aliphatic carbocycles. The molecule has 1 fully saturated rings. The van der Waals surface area contributed by atoms with Crippen molar-refractivity contribution in [2.24, 2.45) is 0 Å². The smallest absolute Gasteiger partial charge is 0.0714 e. The van der Waals surface area contributed by atoms with E-state index in [-0.39, 0.29) is 0 Å². The molecule has 3 heteroatoms. The van der Waals surface area contributed by atoms with Gasteiger partial charge >= 0.3 is 0 Å². The Morgan fingerprint density at radius 2 is 2.55 bits per heavy atom. The summed E-state index contributed by atoms with van der Waals surface area (Å²) in [5, 5.41) is 11.7. The van der Waals surface area contributed by atoms with Crippen molar-refractivity contribution in [3.63, 3.8) is 0 Å². The lowest BCUT2D eigenvalue weighted by molar-refractivity contribution is 0.0758. The van der Waals surface area contributed by atoms with Crippen LogP contribution in [0, 0.1) is 11.3 Å². The zero-order chi connectivity index (χ0) is 8.10. The Hall–Kier alpha value is -0.590. The van der Waals surface area contributed by atoms with Crippen LogP contribution in [0.1, 0.15) is 19.8 Å². The summed E-state index contributed by atoms with van der Waals surface area (Å²) in [6.07, 6.45) is 1.92. The molecule has 1 saturated heterocycles. The number of rotatable bonds is 3. The highest BCUT2D eigenvalue weighted by Gasteiger charge is 2.23. The van der Waals surface area contributed by atoms with Crippen molar-refractivity contribution < 1.29 is 4.74 Å². The van der Waals surface area contributed by atoms with E-state index in [1.165, 1.54) is 0 Å². The minimum absolute atomic E-state index is 0.332. The van der Waals surface area contributed by atoms with E-state index in [9.17, 15) is 0 Å². The summed E-state index contributed by atoms with van der Waals surface area (Å²) in [7, 11) is 0. The molecule has 0 radical (unpaired) electrons. The lowest BCUT2D eigenvalue weighted by Gasteiger charge is -2.07. The number of nitrogens with zero attached hydrogens (tertiary/aromatic N) is 1. The SMILES string of the molecule is CCOC1CNC(CC#N)C1. The van der Waals surface area contributed by atoms with Gasteiger partial charge in [-0.05, 0) is 13.3 Å². The first-order valence-corrected chi connectivity index (χ1v) is 4.08. The second kappa shape index (κ2) is 4.32. The average molecular weight is 154 g/mol. The first-order chi connectivity index (χ1) is 5.36. The highest BCUT2D eigenvalue weighted by Crippen LogP contribution is 2.12. The highest BCUT2D eigenvalue weighted by atomic mass is 16.5. The fourth-order valence-corrected chi connectivity index (χ4v) is 1.41. The molecule has 1 heterocycles. The summed E-state index contributed by atoms with van der Waals surface area (Å²) >= 11 is 0. The van der Waals surface area contributed by atoms with Crippen LogP contribution < -0.4 is 5.32 Å². The van der Waals surface area contributed by atoms with Crippen LogP contribution in [0.5, 0.6) is 0 Å². The normalized spacial score (nSPS) is 30.2. The van der Waals surface area contributed by atoms with Gasteiger partial charge in [0.05, 0.1) is 18.6 Å². The number of hydrogen-bond donors (Lipinski definition) is 1. The van der Waals surface area contributed by atoms with Gasteiger partial charge in [0.2, 0.25) is 0 Å². The molecule has 0 spiro atoms. The van der Waals surface area contributed by atoms with Crippen molar-refractivity contribution in [2.45, 2.75) is 31.9 Å². The van der Waals surface area contributed by atoms with Crippen LogP contribution >= 0.6 is 0 Å². The Morgan fingerprint density at radius 1 is 1.73 bits per heavy atom. The maximum Gasteiger partial charge on any atom is 0.0714 e. The van der Waals surface area contributed by atoms with Gasteiger partial charge in [-0.15, -0.1) is 0 Å². The van der Waals surface area contributed by atoms with Gasteiger partial charge in [-0.3, -0.25) is 0 Å². The largest absolute Gasteiger partial charge is 0.377 e. The van der Waals surface area contributed by atoms with Crippen LogP contribution in [0.2, 0.25) is 0 Å². The second-order valence-corrected chi connectivity index (χ2v) is 2.78. The molecule has 1 rings (SSSR count). The van der Waals surface area contributed by atoms with E-state index in [0.717, 1.165) is 19.6 Å². The summed E-state index contributed by atoms with van der Waals surface area (Å²) in [5.74, 6) is 0. The molecule has 0 aromatic heterocycles. The number of hydrogen-bond acceptors (Lipinski definition) is 3. The summed E-state index contributed by atoms with van der Waals surface area (Å²) in [6, 6.07) is 2.51. The van der Waals surface area contributed by atoms with Crippen molar-refractivity contribution in [3.8, 4) is 6.07 Å². The Morgan fingerprint density at radius 3 is 3.18 bits per heavy atom. The van der Waals surface area contributed by atoms with E-state index in [1.807, 2.05) is 6.92 Å². The molecule has 1 aliphatic rings. The zero-order valence-electron chi connectivity index (χ0n) is 6.84. The van der Waals surface area contributed by atoms with E-state index >= 15 is 0 Å². The van der Waals surface area contributed by atoms with Crippen molar-refractivity contribution in [3.05, 3.63) is 0 Å². The molecule has 0 saturated carbocycles. The molecule has 2 atom stereocenters. The van der Waals surface area contributed by atoms with Crippen molar-refractivity contribution in [2.75, 3.05) is 13.2 Å². The van der Waals surface area contributed by atoms with Crippen LogP contribution in [-0.4, -0.2) is 25.3 Å². The first kappa shape index (κ1) is 8.51. The quantitative estimate of drug-likeness (QED) is 0.649. The molecule has 0 bridgehead atoms. The summed E-state index contributed by atoms with van der Waals surface area (Å²) in [4.78, 5) is 0. The Balaban J connectivity index is 2.19. The summed E-state index contributed by atoms with van der Waals surface area (Å²) in [6.45, 7) is 3.67. The van der Waals surface area contributed by atoms with Gasteiger partial charge < -0.3 is 10.1 Å². The van der Waals surface area contributed by atoms with Gasteiger partial charge in [0, 0.05) is 19.2 Å². The first-order valence-electron chi connectivity index (χ1n) is 4.08. The highest BCUT2D eigenvalue weighted by molar-refractivity contribution is 4.88. The minimum atomic E-state index is 0.332. The minimum Gasteiger partial charge on any atom is -0.377 e. The Bertz CT molecular complexity index is 153. The topological polar surface area (TPSA) is 45.0 Å². The zero-order valence-corrected chi connectivity index (χ0v) is 6.84. The lowest BCUT2D eigenvalue weighted by Crippen LogP contribution is -2.20. The molecule has 11 heavy (non-hydrogen) atoms. The van der Waals surface area contributed by atoms with Gasteiger partial charge in [-0.25, -0.2) is 0 Å². The van der Waals surface area contributed by atoms with Crippen LogP contribution in [-0.2, 0) is 4.74 Å². The molecule has 2 unspecified atom stereocenters. The molecule has 3 nitrogen and oxygen atoms in total. The summed E-state index contributed by atoms with van der Waals surface area (Å²) < 4.78 is 5.41. The molecule has 0 aromatic carbocycles. The average Bonchev–Trinajstić information content (AvgIpc) is 2.38. The van der Waals surface area contributed by atoms with Gasteiger partial charge in [0.25, 0.3) is 0 Å². The predicted molar refractivity (Wildman–Crippen MR) is 42.1 cm³/mol. The van der Waals surface area contributed by atoms with E-state index in [0.29, 0.717) is 18.6 Å².